The van der Waals surface area contributed by atoms with Crippen LogP contribution in [0.5, 0.6) is 0 Å². The second kappa shape index (κ2) is 9.81. The van der Waals surface area contributed by atoms with Gasteiger partial charge in [0.15, 0.2) is 0 Å². The third-order valence-electron chi connectivity index (χ3n) is 7.13. The number of fused-ring (bicyclic) bond motifs is 3. The zero-order valence-corrected chi connectivity index (χ0v) is 22.4. The molecule has 0 unspecified atom stereocenters. The van der Waals surface area contributed by atoms with E-state index in [0.29, 0.717) is 28.1 Å². The van der Waals surface area contributed by atoms with E-state index in [0.717, 1.165) is 39.2 Å². The molecule has 0 aliphatic rings. The Labute approximate surface area is 241 Å². The monoisotopic (exact) mass is 518 g/mol. The molecule has 0 fully saturated rings. The highest BCUT2D eigenvalue weighted by atomic mass is 16.3. The van der Waals surface area contributed by atoms with Gasteiger partial charge in [-0.25, -0.2) is 4.98 Å². The van der Waals surface area contributed by atoms with Crippen molar-refractivity contribution < 1.29 is 15.4 Å². The highest BCUT2D eigenvalue weighted by Crippen LogP contribution is 2.43. The average Bonchev–Trinajstić information content (AvgIpc) is 3.37. The first-order chi connectivity index (χ1) is 21.9. The Morgan fingerprint density at radius 2 is 1.56 bits per heavy atom. The number of pyridine rings is 2. The van der Waals surface area contributed by atoms with E-state index >= 15 is 0 Å². The van der Waals surface area contributed by atoms with Crippen LogP contribution in [0.15, 0.2) is 89.5 Å². The molecule has 0 saturated heterocycles. The summed E-state index contributed by atoms with van der Waals surface area (Å²) in [5.74, 6) is -2.05. The fourth-order valence-corrected chi connectivity index (χ4v) is 5.29. The third kappa shape index (κ3) is 4.32. The van der Waals surface area contributed by atoms with E-state index in [4.69, 9.17) is 19.0 Å². The van der Waals surface area contributed by atoms with E-state index < -0.39 is 25.5 Å². The molecule has 0 N–H and O–H groups in total. The molecular weight excluding hydrogens is 476 g/mol. The summed E-state index contributed by atoms with van der Waals surface area (Å²) in [6, 6.07) is 24.3. The van der Waals surface area contributed by atoms with Gasteiger partial charge in [0.25, 0.3) is 0 Å². The number of furan rings is 1. The predicted molar refractivity (Wildman–Crippen MR) is 163 cm³/mol. The molecule has 3 nitrogen and oxygen atoms in total. The van der Waals surface area contributed by atoms with Crippen LogP contribution in [-0.4, -0.2) is 9.97 Å². The van der Waals surface area contributed by atoms with Crippen molar-refractivity contribution in [3.8, 4) is 33.6 Å². The lowest BCUT2D eigenvalue weighted by Crippen LogP contribution is -2.03. The van der Waals surface area contributed by atoms with Gasteiger partial charge in [0, 0.05) is 39.1 Å². The van der Waals surface area contributed by atoms with E-state index in [1.54, 1.807) is 12.1 Å². The minimum atomic E-state index is -2.67. The van der Waals surface area contributed by atoms with Crippen LogP contribution in [0.25, 0.3) is 55.7 Å². The molecular formula is C36H34N2O. The molecule has 6 aromatic rings. The molecule has 0 atom stereocenters. The number of nitrogens with zero attached hydrogens (tertiary/aromatic N) is 2. The standard InChI is InChI=1S/C36H34N2O/c1-21(2)26-15-16-27(25-11-8-7-9-12-25)33(22(3)4)34(26)31-18-17-29-28-13-10-14-30(35(28)39-36(29)38-31)32-19-23(5)24(6)20-37-32/h7-22H,1-6H3/i5D3,6D3,21D,22D. The van der Waals surface area contributed by atoms with Gasteiger partial charge in [0.2, 0.25) is 5.71 Å². The van der Waals surface area contributed by atoms with Crippen LogP contribution in [0.4, 0.5) is 0 Å². The summed E-state index contributed by atoms with van der Waals surface area (Å²) in [6.07, 6.45) is 1.11. The summed E-state index contributed by atoms with van der Waals surface area (Å²) in [6.45, 7) is 2.00. The van der Waals surface area contributed by atoms with Crippen molar-refractivity contribution in [1.29, 1.82) is 0 Å². The van der Waals surface area contributed by atoms with E-state index in [9.17, 15) is 1.37 Å². The van der Waals surface area contributed by atoms with Gasteiger partial charge in [0.1, 0.15) is 5.58 Å². The lowest BCUT2D eigenvalue weighted by Gasteiger charge is -2.23. The number of benzene rings is 3. The molecule has 0 aliphatic heterocycles. The van der Waals surface area contributed by atoms with Crippen LogP contribution in [0.1, 0.15) is 72.7 Å². The van der Waals surface area contributed by atoms with Crippen LogP contribution in [0.2, 0.25) is 0 Å². The van der Waals surface area contributed by atoms with Gasteiger partial charge in [-0.2, -0.15) is 0 Å². The molecule has 0 bridgehead atoms. The molecule has 0 spiro atoms. The van der Waals surface area contributed by atoms with Crippen molar-refractivity contribution in [2.75, 3.05) is 0 Å². The number of aryl methyl sites for hydroxylation is 2. The van der Waals surface area contributed by atoms with Crippen molar-refractivity contribution in [3.63, 3.8) is 0 Å². The van der Waals surface area contributed by atoms with Crippen LogP contribution in [0.3, 0.4) is 0 Å². The maximum Gasteiger partial charge on any atom is 0.227 e. The maximum absolute atomic E-state index is 9.25. The van der Waals surface area contributed by atoms with E-state index in [2.05, 4.69) is 4.98 Å². The van der Waals surface area contributed by atoms with E-state index in [-0.39, 0.29) is 16.8 Å². The summed E-state index contributed by atoms with van der Waals surface area (Å²) in [5.41, 5.74) is 5.51. The van der Waals surface area contributed by atoms with Crippen molar-refractivity contribution in [2.45, 2.75) is 53.2 Å². The van der Waals surface area contributed by atoms with E-state index in [1.165, 1.54) is 6.07 Å². The van der Waals surface area contributed by atoms with Crippen molar-refractivity contribution in [2.24, 2.45) is 0 Å². The van der Waals surface area contributed by atoms with Crippen LogP contribution in [-0.2, 0) is 0 Å². The SMILES string of the molecule is [2H]C([2H])([2H])c1cnc(-c2cccc3c2oc2nc(-c4c(C([2H])(C)C)ccc(-c5ccccc5)c4C([2H])(C)C)ccc23)cc1C([2H])([2H])[2H]. The predicted octanol–water partition coefficient (Wildman–Crippen LogP) is 10.2. The Kier molecular flexibility index (Phi) is 4.37. The minimum Gasteiger partial charge on any atom is -0.437 e. The lowest BCUT2D eigenvalue weighted by molar-refractivity contribution is 0.655. The van der Waals surface area contributed by atoms with Gasteiger partial charge in [-0.15, -0.1) is 0 Å². The number of para-hydroxylation sites is 1. The maximum atomic E-state index is 9.25. The molecule has 194 valence electrons. The van der Waals surface area contributed by atoms with Crippen molar-refractivity contribution >= 4 is 22.1 Å². The Balaban J connectivity index is 1.60. The van der Waals surface area contributed by atoms with Gasteiger partial charge in [-0.05, 0) is 83.1 Å². The van der Waals surface area contributed by atoms with Gasteiger partial charge in [-0.1, -0.05) is 82.3 Å². The summed E-state index contributed by atoms with van der Waals surface area (Å²) in [4.78, 5) is 9.34. The molecule has 3 aromatic heterocycles. The molecule has 0 aliphatic carbocycles. The van der Waals surface area contributed by atoms with Gasteiger partial charge < -0.3 is 4.42 Å². The zero-order valence-electron chi connectivity index (χ0n) is 30.4. The summed E-state index contributed by atoms with van der Waals surface area (Å²) >= 11 is 0. The topological polar surface area (TPSA) is 38.9 Å². The Bertz CT molecular complexity index is 2130. The summed E-state index contributed by atoms with van der Waals surface area (Å²) in [5, 5.41) is 1.45. The fourth-order valence-electron chi connectivity index (χ4n) is 5.29. The van der Waals surface area contributed by atoms with Gasteiger partial charge >= 0.3 is 0 Å². The highest BCUT2D eigenvalue weighted by molar-refractivity contribution is 6.08. The average molecular weight is 519 g/mol. The Morgan fingerprint density at radius 3 is 2.31 bits per heavy atom. The normalized spacial score (nSPS) is 16.0. The first-order valence-corrected chi connectivity index (χ1v) is 12.9. The molecule has 3 heterocycles. The zero-order chi connectivity index (χ0) is 34.1. The van der Waals surface area contributed by atoms with Crippen LogP contribution in [0, 0.1) is 13.7 Å². The number of aromatic nitrogens is 2. The molecule has 3 heteroatoms. The third-order valence-corrected chi connectivity index (χ3v) is 7.13. The highest BCUT2D eigenvalue weighted by Gasteiger charge is 2.22. The smallest absolute Gasteiger partial charge is 0.227 e. The molecule has 6 rings (SSSR count). The lowest BCUT2D eigenvalue weighted by atomic mass is 9.82. The molecule has 39 heavy (non-hydrogen) atoms. The summed E-state index contributed by atoms with van der Waals surface area (Å²) < 4.78 is 72.1. The molecule has 3 aromatic carbocycles. The first kappa shape index (κ1) is 17.4. The van der Waals surface area contributed by atoms with Gasteiger partial charge in [-0.3, -0.25) is 4.98 Å². The number of hydrogen-bond acceptors (Lipinski definition) is 3. The second-order valence-corrected chi connectivity index (χ2v) is 10.2. The Hall–Kier alpha value is -4.24. The van der Waals surface area contributed by atoms with Crippen LogP contribution >= 0.6 is 0 Å². The first-order valence-electron chi connectivity index (χ1n) is 16.9. The summed E-state index contributed by atoms with van der Waals surface area (Å²) in [7, 11) is 0. The van der Waals surface area contributed by atoms with Crippen molar-refractivity contribution in [1.82, 2.24) is 9.97 Å². The second-order valence-electron chi connectivity index (χ2n) is 10.2. The quantitative estimate of drug-likeness (QED) is 0.228. The Morgan fingerprint density at radius 1 is 0.744 bits per heavy atom. The number of rotatable bonds is 5. The van der Waals surface area contributed by atoms with Gasteiger partial charge in [0.05, 0.1) is 11.4 Å². The van der Waals surface area contributed by atoms with E-state index in [1.807, 2.05) is 88.4 Å². The molecule has 0 radical (unpaired) electrons. The minimum absolute atomic E-state index is 0.265. The van der Waals surface area contributed by atoms with Crippen molar-refractivity contribution in [3.05, 3.63) is 107 Å². The molecule has 0 saturated carbocycles. The largest absolute Gasteiger partial charge is 0.437 e. The fraction of sp³-hybridized carbons (Fsp3) is 0.222. The van der Waals surface area contributed by atoms with Crippen LogP contribution < -0.4 is 0 Å². The number of hydrogen-bond donors (Lipinski definition) is 0. The molecule has 0 amide bonds.